The van der Waals surface area contributed by atoms with Crippen molar-refractivity contribution in [3.63, 3.8) is 0 Å². The van der Waals surface area contributed by atoms with Gasteiger partial charge in [0.2, 0.25) is 0 Å². The lowest BCUT2D eigenvalue weighted by molar-refractivity contribution is 0.810. The summed E-state index contributed by atoms with van der Waals surface area (Å²) in [5.41, 5.74) is 3.67. The summed E-state index contributed by atoms with van der Waals surface area (Å²) in [6.07, 6.45) is 0. The Balaban J connectivity index is 2.63. The topological polar surface area (TPSA) is 12.0 Å². The van der Waals surface area contributed by atoms with E-state index in [0.29, 0.717) is 0 Å². The predicted molar refractivity (Wildman–Crippen MR) is 52.8 cm³/mol. The van der Waals surface area contributed by atoms with Crippen molar-refractivity contribution in [1.29, 1.82) is 0 Å². The van der Waals surface area contributed by atoms with Crippen molar-refractivity contribution in [3.05, 3.63) is 47.7 Å². The molecule has 64 valence electrons. The summed E-state index contributed by atoms with van der Waals surface area (Å²) in [6, 6.07) is 8.36. The molecule has 12 heavy (non-hydrogen) atoms. The van der Waals surface area contributed by atoms with Gasteiger partial charge in [-0.15, -0.1) is 0 Å². The molecule has 0 atom stereocenters. The van der Waals surface area contributed by atoms with E-state index in [0.717, 1.165) is 12.2 Å². The highest BCUT2D eigenvalue weighted by molar-refractivity contribution is 5.25. The average molecular weight is 161 g/mol. The third kappa shape index (κ3) is 2.42. The first-order valence-corrected chi connectivity index (χ1v) is 4.14. The van der Waals surface area contributed by atoms with E-state index in [2.05, 4.69) is 43.1 Å². The molecular formula is C11H15N. The van der Waals surface area contributed by atoms with E-state index in [1.165, 1.54) is 11.1 Å². The minimum Gasteiger partial charge on any atom is -0.385 e. The zero-order chi connectivity index (χ0) is 8.97. The maximum Gasteiger partial charge on any atom is 0.0400 e. The Labute approximate surface area is 74.1 Å². The quantitative estimate of drug-likeness (QED) is 0.718. The second-order valence-corrected chi connectivity index (χ2v) is 3.06. The number of aryl methyl sites for hydroxylation is 1. The monoisotopic (exact) mass is 161 g/mol. The van der Waals surface area contributed by atoms with Gasteiger partial charge in [-0.3, -0.25) is 0 Å². The normalized spacial score (nSPS) is 9.50. The van der Waals surface area contributed by atoms with Gasteiger partial charge in [-0.25, -0.2) is 0 Å². The van der Waals surface area contributed by atoms with Crippen molar-refractivity contribution in [2.24, 2.45) is 0 Å². The Morgan fingerprint density at radius 2 is 2.08 bits per heavy atom. The number of hydrogen-bond donors (Lipinski definition) is 1. The molecule has 0 aliphatic carbocycles. The maximum absolute atomic E-state index is 3.79. The summed E-state index contributed by atoms with van der Waals surface area (Å²) < 4.78 is 0. The third-order valence-corrected chi connectivity index (χ3v) is 1.84. The van der Waals surface area contributed by atoms with E-state index < -0.39 is 0 Å². The minimum absolute atomic E-state index is 0.877. The van der Waals surface area contributed by atoms with Gasteiger partial charge >= 0.3 is 0 Å². The van der Waals surface area contributed by atoms with Crippen LogP contribution in [-0.2, 0) is 6.54 Å². The fraction of sp³-hybridized carbons (Fsp3) is 0.273. The number of rotatable bonds is 3. The number of nitrogens with one attached hydrogen (secondary N) is 1. The number of benzene rings is 1. The summed E-state index contributed by atoms with van der Waals surface area (Å²) in [7, 11) is 0. The highest BCUT2D eigenvalue weighted by atomic mass is 14.9. The van der Waals surface area contributed by atoms with Crippen LogP contribution in [0.4, 0.5) is 0 Å². The Morgan fingerprint density at radius 3 is 2.67 bits per heavy atom. The summed E-state index contributed by atoms with van der Waals surface area (Å²) >= 11 is 0. The standard InChI is InChI=1S/C11H15N/c1-9(2)12-8-11-7-5-4-6-10(11)3/h4-7,12H,1,8H2,2-3H3. The van der Waals surface area contributed by atoms with Gasteiger partial charge in [0.15, 0.2) is 0 Å². The van der Waals surface area contributed by atoms with E-state index >= 15 is 0 Å². The third-order valence-electron chi connectivity index (χ3n) is 1.84. The first kappa shape index (κ1) is 8.85. The van der Waals surface area contributed by atoms with Gasteiger partial charge in [0.25, 0.3) is 0 Å². The first-order chi connectivity index (χ1) is 5.70. The molecule has 0 aliphatic rings. The van der Waals surface area contributed by atoms with Crippen LogP contribution in [0.25, 0.3) is 0 Å². The molecule has 0 amide bonds. The van der Waals surface area contributed by atoms with E-state index in [1.54, 1.807) is 0 Å². The molecule has 0 aliphatic heterocycles. The van der Waals surface area contributed by atoms with Crippen LogP contribution >= 0.6 is 0 Å². The molecule has 1 aromatic rings. The molecule has 1 heteroatoms. The van der Waals surface area contributed by atoms with Gasteiger partial charge in [0.1, 0.15) is 0 Å². The molecule has 1 N–H and O–H groups in total. The van der Waals surface area contributed by atoms with Crippen molar-refractivity contribution < 1.29 is 0 Å². The molecule has 0 saturated heterocycles. The van der Waals surface area contributed by atoms with Gasteiger partial charge in [-0.05, 0) is 25.0 Å². The van der Waals surface area contributed by atoms with Gasteiger partial charge in [0, 0.05) is 12.2 Å². The van der Waals surface area contributed by atoms with Gasteiger partial charge in [-0.1, -0.05) is 30.8 Å². The zero-order valence-corrected chi connectivity index (χ0v) is 7.72. The highest BCUT2D eigenvalue weighted by Gasteiger charge is 1.94. The van der Waals surface area contributed by atoms with Crippen LogP contribution in [0.5, 0.6) is 0 Å². The molecule has 0 fully saturated rings. The summed E-state index contributed by atoms with van der Waals surface area (Å²) in [5.74, 6) is 0. The maximum atomic E-state index is 3.79. The summed E-state index contributed by atoms with van der Waals surface area (Å²) in [6.45, 7) is 8.76. The number of hydrogen-bond acceptors (Lipinski definition) is 1. The molecule has 0 heterocycles. The van der Waals surface area contributed by atoms with E-state index in [4.69, 9.17) is 0 Å². The largest absolute Gasteiger partial charge is 0.385 e. The Hall–Kier alpha value is -1.24. The Bertz CT molecular complexity index is 276. The van der Waals surface area contributed by atoms with Crippen LogP contribution in [0, 0.1) is 6.92 Å². The molecule has 1 rings (SSSR count). The summed E-state index contributed by atoms with van der Waals surface area (Å²) in [5, 5.41) is 3.21. The fourth-order valence-electron chi connectivity index (χ4n) is 1.05. The number of allylic oxidation sites excluding steroid dienone is 1. The minimum atomic E-state index is 0.877. The SMILES string of the molecule is C=C(C)NCc1ccccc1C. The van der Waals surface area contributed by atoms with Crippen LogP contribution in [0.15, 0.2) is 36.5 Å². The summed E-state index contributed by atoms with van der Waals surface area (Å²) in [4.78, 5) is 0. The van der Waals surface area contributed by atoms with E-state index in [1.807, 2.05) is 6.92 Å². The van der Waals surface area contributed by atoms with Gasteiger partial charge in [-0.2, -0.15) is 0 Å². The fourth-order valence-corrected chi connectivity index (χ4v) is 1.05. The van der Waals surface area contributed by atoms with Crippen molar-refractivity contribution in [2.45, 2.75) is 20.4 Å². The molecule has 0 unspecified atom stereocenters. The van der Waals surface area contributed by atoms with Crippen molar-refractivity contribution >= 4 is 0 Å². The first-order valence-electron chi connectivity index (χ1n) is 4.14. The Kier molecular flexibility index (Phi) is 2.92. The van der Waals surface area contributed by atoms with Crippen molar-refractivity contribution in [1.82, 2.24) is 5.32 Å². The van der Waals surface area contributed by atoms with Crippen LogP contribution in [0.3, 0.4) is 0 Å². The predicted octanol–water partition coefficient (Wildman–Crippen LogP) is 2.62. The zero-order valence-electron chi connectivity index (χ0n) is 7.72. The lowest BCUT2D eigenvalue weighted by atomic mass is 10.1. The lowest BCUT2D eigenvalue weighted by Gasteiger charge is -2.07. The van der Waals surface area contributed by atoms with E-state index in [9.17, 15) is 0 Å². The average Bonchev–Trinajstić information content (AvgIpc) is 2.03. The molecular weight excluding hydrogens is 146 g/mol. The van der Waals surface area contributed by atoms with Gasteiger partial charge in [0.05, 0.1) is 0 Å². The molecule has 0 bridgehead atoms. The molecule has 1 aromatic carbocycles. The molecule has 0 saturated carbocycles. The van der Waals surface area contributed by atoms with Crippen molar-refractivity contribution in [2.75, 3.05) is 0 Å². The van der Waals surface area contributed by atoms with Crippen LogP contribution < -0.4 is 5.32 Å². The smallest absolute Gasteiger partial charge is 0.0400 e. The van der Waals surface area contributed by atoms with Crippen LogP contribution in [0.1, 0.15) is 18.1 Å². The molecule has 0 spiro atoms. The van der Waals surface area contributed by atoms with Crippen LogP contribution in [0.2, 0.25) is 0 Å². The highest BCUT2D eigenvalue weighted by Crippen LogP contribution is 2.06. The molecule has 0 radical (unpaired) electrons. The van der Waals surface area contributed by atoms with E-state index in [-0.39, 0.29) is 0 Å². The molecule has 1 nitrogen and oxygen atoms in total. The van der Waals surface area contributed by atoms with Gasteiger partial charge < -0.3 is 5.32 Å². The van der Waals surface area contributed by atoms with Crippen molar-refractivity contribution in [3.8, 4) is 0 Å². The lowest BCUT2D eigenvalue weighted by Crippen LogP contribution is -2.10. The second kappa shape index (κ2) is 3.96. The molecule has 0 aromatic heterocycles. The Morgan fingerprint density at radius 1 is 1.42 bits per heavy atom. The van der Waals surface area contributed by atoms with Crippen LogP contribution in [-0.4, -0.2) is 0 Å². The second-order valence-electron chi connectivity index (χ2n) is 3.06.